The molecule has 2 aliphatic rings. The van der Waals surface area contributed by atoms with Crippen molar-refractivity contribution in [2.45, 2.75) is 43.9 Å². The van der Waals surface area contributed by atoms with E-state index in [9.17, 15) is 14.4 Å². The third kappa shape index (κ3) is 4.94. The van der Waals surface area contributed by atoms with Crippen LogP contribution >= 0.6 is 11.3 Å². The summed E-state index contributed by atoms with van der Waals surface area (Å²) in [4.78, 5) is 39.9. The molecule has 4 rings (SSSR count). The number of nitrogens with zero attached hydrogens (tertiary/aromatic N) is 1. The summed E-state index contributed by atoms with van der Waals surface area (Å²) in [5.41, 5.74) is 0.947. The fourth-order valence-electron chi connectivity index (χ4n) is 4.15. The van der Waals surface area contributed by atoms with Crippen molar-refractivity contribution in [3.63, 3.8) is 0 Å². The van der Waals surface area contributed by atoms with Crippen LogP contribution in [-0.2, 0) is 25.5 Å². The second-order valence-corrected chi connectivity index (χ2v) is 9.00. The van der Waals surface area contributed by atoms with E-state index in [0.29, 0.717) is 29.8 Å². The highest BCUT2D eigenvalue weighted by molar-refractivity contribution is 7.10. The molecule has 2 aromatic rings. The Kier molecular flexibility index (Phi) is 6.76. The van der Waals surface area contributed by atoms with Crippen LogP contribution in [0.1, 0.15) is 34.5 Å². The number of carbonyl (C=O) groups excluding carboxylic acids is 3. The molecule has 0 spiro atoms. The minimum atomic E-state index is -0.342. The Hall–Kier alpha value is -2.91. The maximum atomic E-state index is 13.2. The lowest BCUT2D eigenvalue weighted by Crippen LogP contribution is -2.53. The van der Waals surface area contributed by atoms with Crippen LogP contribution < -0.4 is 10.1 Å². The first-order valence-corrected chi connectivity index (χ1v) is 11.4. The zero-order valence-electron chi connectivity index (χ0n) is 18.0. The van der Waals surface area contributed by atoms with E-state index in [1.165, 1.54) is 18.4 Å². The predicted octanol–water partition coefficient (Wildman–Crippen LogP) is 2.87. The number of hydrogen-bond donors (Lipinski definition) is 1. The van der Waals surface area contributed by atoms with Gasteiger partial charge in [0.05, 0.1) is 37.7 Å². The molecule has 0 radical (unpaired) electrons. The molecule has 0 bridgehead atoms. The van der Waals surface area contributed by atoms with Crippen LogP contribution in [0.25, 0.3) is 0 Å². The van der Waals surface area contributed by atoms with Gasteiger partial charge in [0.2, 0.25) is 5.91 Å². The molecule has 1 aromatic carbocycles. The molecule has 1 fully saturated rings. The number of anilines is 1. The van der Waals surface area contributed by atoms with Crippen LogP contribution in [0, 0.1) is 0 Å². The largest absolute Gasteiger partial charge is 0.490 e. The van der Waals surface area contributed by atoms with Gasteiger partial charge in [0.1, 0.15) is 18.5 Å². The van der Waals surface area contributed by atoms with E-state index in [4.69, 9.17) is 14.2 Å². The number of carbonyl (C=O) groups is 3. The smallest absolute Gasteiger partial charge is 0.308 e. The summed E-state index contributed by atoms with van der Waals surface area (Å²) in [6.07, 6.45) is 1.22. The Bertz CT molecular complexity index is 992. The van der Waals surface area contributed by atoms with Gasteiger partial charge in [0.25, 0.3) is 5.91 Å². The summed E-state index contributed by atoms with van der Waals surface area (Å²) in [5.74, 6) is -0.213. The molecule has 1 N–H and O–H groups in total. The molecule has 1 aromatic heterocycles. The van der Waals surface area contributed by atoms with Crippen molar-refractivity contribution in [1.82, 2.24) is 4.90 Å². The van der Waals surface area contributed by atoms with Gasteiger partial charge in [-0.3, -0.25) is 14.4 Å². The Labute approximate surface area is 190 Å². The standard InChI is InChI=1S/C23H26N2O6S/c1-25-18-7-6-15(11-22(27)29-2)31-20(18)13-30-19-8-5-14(10-17(19)23(25)28)24-21(26)12-16-4-3-9-32-16/h3-5,8-10,15,18,20H,6-7,11-13H2,1-2H3,(H,24,26)/t15-,18-,20+/m0/s1. The van der Waals surface area contributed by atoms with Crippen molar-refractivity contribution in [3.8, 4) is 5.75 Å². The molecular weight excluding hydrogens is 432 g/mol. The average molecular weight is 459 g/mol. The Morgan fingerprint density at radius 1 is 1.28 bits per heavy atom. The van der Waals surface area contributed by atoms with Gasteiger partial charge in [-0.2, -0.15) is 0 Å². The second kappa shape index (κ2) is 9.70. The number of nitrogens with one attached hydrogen (secondary N) is 1. The summed E-state index contributed by atoms with van der Waals surface area (Å²) in [5, 5.41) is 4.79. The quantitative estimate of drug-likeness (QED) is 0.693. The molecule has 1 saturated heterocycles. The lowest BCUT2D eigenvalue weighted by Gasteiger charge is -2.42. The number of amides is 2. The summed E-state index contributed by atoms with van der Waals surface area (Å²) < 4.78 is 16.8. The van der Waals surface area contributed by atoms with Crippen molar-refractivity contribution >= 4 is 34.8 Å². The Balaban J connectivity index is 1.48. The molecule has 8 nitrogen and oxygen atoms in total. The van der Waals surface area contributed by atoms with E-state index in [0.717, 1.165) is 4.88 Å². The highest BCUT2D eigenvalue weighted by Crippen LogP contribution is 2.32. The molecule has 3 atom stereocenters. The van der Waals surface area contributed by atoms with E-state index < -0.39 is 0 Å². The molecule has 3 heterocycles. The number of fused-ring (bicyclic) bond motifs is 2. The molecule has 2 amide bonds. The third-order valence-electron chi connectivity index (χ3n) is 5.83. The first-order chi connectivity index (χ1) is 15.4. The van der Waals surface area contributed by atoms with Gasteiger partial charge in [-0.25, -0.2) is 0 Å². The third-order valence-corrected chi connectivity index (χ3v) is 6.71. The van der Waals surface area contributed by atoms with Gasteiger partial charge in [0.15, 0.2) is 0 Å². The van der Waals surface area contributed by atoms with Crippen molar-refractivity contribution in [2.24, 2.45) is 0 Å². The van der Waals surface area contributed by atoms with Crippen molar-refractivity contribution < 1.29 is 28.6 Å². The van der Waals surface area contributed by atoms with Crippen LogP contribution in [0.2, 0.25) is 0 Å². The molecule has 170 valence electrons. The maximum Gasteiger partial charge on any atom is 0.308 e. The fraction of sp³-hybridized carbons (Fsp3) is 0.435. The van der Waals surface area contributed by atoms with E-state index in [1.807, 2.05) is 17.5 Å². The molecule has 9 heteroatoms. The maximum absolute atomic E-state index is 13.2. The number of ether oxygens (including phenoxy) is 3. The van der Waals surface area contributed by atoms with Gasteiger partial charge in [-0.1, -0.05) is 6.07 Å². The van der Waals surface area contributed by atoms with Gasteiger partial charge in [-0.05, 0) is 42.5 Å². The summed E-state index contributed by atoms with van der Waals surface area (Å²) in [6, 6.07) is 8.72. The summed E-state index contributed by atoms with van der Waals surface area (Å²) >= 11 is 1.53. The topological polar surface area (TPSA) is 94.2 Å². The lowest BCUT2D eigenvalue weighted by molar-refractivity contribution is -0.151. The number of methoxy groups -OCH3 is 1. The number of hydrogen-bond acceptors (Lipinski definition) is 7. The first-order valence-electron chi connectivity index (χ1n) is 10.5. The van der Waals surface area contributed by atoms with Crippen molar-refractivity contribution in [2.75, 3.05) is 26.1 Å². The van der Waals surface area contributed by atoms with Crippen LogP contribution in [0.4, 0.5) is 5.69 Å². The number of likely N-dealkylation sites (N-methyl/N-ethyl adjacent to an activating group) is 1. The van der Waals surface area contributed by atoms with Gasteiger partial charge < -0.3 is 24.4 Å². The highest BCUT2D eigenvalue weighted by Gasteiger charge is 2.39. The summed E-state index contributed by atoms with van der Waals surface area (Å²) in [6.45, 7) is 0.261. The summed E-state index contributed by atoms with van der Waals surface area (Å²) in [7, 11) is 3.11. The second-order valence-electron chi connectivity index (χ2n) is 7.96. The minimum absolute atomic E-state index is 0.141. The molecule has 0 unspecified atom stereocenters. The predicted molar refractivity (Wildman–Crippen MR) is 119 cm³/mol. The minimum Gasteiger partial charge on any atom is -0.490 e. The highest BCUT2D eigenvalue weighted by atomic mass is 32.1. The molecule has 0 aliphatic carbocycles. The number of thiophene rings is 1. The lowest BCUT2D eigenvalue weighted by atomic mass is 9.94. The van der Waals surface area contributed by atoms with E-state index in [1.54, 1.807) is 30.1 Å². The molecule has 32 heavy (non-hydrogen) atoms. The van der Waals surface area contributed by atoms with Crippen LogP contribution in [-0.4, -0.2) is 61.7 Å². The van der Waals surface area contributed by atoms with Crippen LogP contribution in [0.3, 0.4) is 0 Å². The van der Waals surface area contributed by atoms with Gasteiger partial charge >= 0.3 is 5.97 Å². The zero-order chi connectivity index (χ0) is 22.7. The van der Waals surface area contributed by atoms with Crippen molar-refractivity contribution in [3.05, 3.63) is 46.2 Å². The number of benzene rings is 1. The average Bonchev–Trinajstić information content (AvgIpc) is 3.29. The van der Waals surface area contributed by atoms with Crippen molar-refractivity contribution in [1.29, 1.82) is 0 Å². The SMILES string of the molecule is COC(=O)C[C@@H]1CC[C@H]2[C@@H](COc3ccc(NC(=O)Cc4cccs4)cc3C(=O)N2C)O1. The monoisotopic (exact) mass is 458 g/mol. The van der Waals surface area contributed by atoms with E-state index in [2.05, 4.69) is 5.32 Å². The number of rotatable bonds is 5. The molecule has 2 aliphatic heterocycles. The first kappa shape index (κ1) is 22.3. The van der Waals surface area contributed by atoms with Crippen LogP contribution in [0.15, 0.2) is 35.7 Å². The molecular formula is C23H26N2O6S. The molecule has 0 saturated carbocycles. The van der Waals surface area contributed by atoms with E-state index >= 15 is 0 Å². The normalized spacial score (nSPS) is 22.6. The van der Waals surface area contributed by atoms with Gasteiger partial charge in [-0.15, -0.1) is 11.3 Å². The van der Waals surface area contributed by atoms with Crippen LogP contribution in [0.5, 0.6) is 5.75 Å². The Morgan fingerprint density at radius 2 is 2.12 bits per heavy atom. The fourth-order valence-corrected chi connectivity index (χ4v) is 4.85. The Morgan fingerprint density at radius 3 is 2.88 bits per heavy atom. The zero-order valence-corrected chi connectivity index (χ0v) is 18.9. The van der Waals surface area contributed by atoms with E-state index in [-0.39, 0.29) is 55.5 Å². The number of esters is 1. The van der Waals surface area contributed by atoms with Gasteiger partial charge in [0, 0.05) is 17.6 Å².